The summed E-state index contributed by atoms with van der Waals surface area (Å²) in [6, 6.07) is 4.14. The summed E-state index contributed by atoms with van der Waals surface area (Å²) < 4.78 is 40.2. The molecule has 0 N–H and O–H groups in total. The molecular formula is C21H29F3N2O2. The van der Waals surface area contributed by atoms with Crippen molar-refractivity contribution in [2.75, 3.05) is 11.4 Å². The largest absolute Gasteiger partial charge is 0.416 e. The van der Waals surface area contributed by atoms with E-state index in [4.69, 9.17) is 0 Å². The molecule has 0 heterocycles. The van der Waals surface area contributed by atoms with Crippen LogP contribution in [-0.4, -0.2) is 23.7 Å². The number of benzene rings is 1. The number of alkyl halides is 3. The molecule has 0 radical (unpaired) electrons. The maximum atomic E-state index is 13.4. The molecule has 0 amide bonds. The normalized spacial score (nSPS) is 16.5. The molecule has 28 heavy (non-hydrogen) atoms. The van der Waals surface area contributed by atoms with Gasteiger partial charge in [0.05, 0.1) is 10.5 Å². The van der Waals surface area contributed by atoms with E-state index in [2.05, 4.69) is 0 Å². The van der Waals surface area contributed by atoms with Gasteiger partial charge in [-0.05, 0) is 36.8 Å². The minimum Gasteiger partial charge on any atom is -0.363 e. The van der Waals surface area contributed by atoms with E-state index in [-0.39, 0.29) is 29.6 Å². The van der Waals surface area contributed by atoms with E-state index >= 15 is 0 Å². The predicted octanol–water partition coefficient (Wildman–Crippen LogP) is 6.75. The molecule has 4 nitrogen and oxygen atoms in total. The zero-order valence-corrected chi connectivity index (χ0v) is 16.8. The lowest BCUT2D eigenvalue weighted by Gasteiger charge is -2.37. The van der Waals surface area contributed by atoms with Gasteiger partial charge in [0, 0.05) is 18.7 Å². The van der Waals surface area contributed by atoms with E-state index in [0.29, 0.717) is 12.2 Å². The monoisotopic (exact) mass is 398 g/mol. The average Bonchev–Trinajstić information content (AvgIpc) is 2.63. The van der Waals surface area contributed by atoms with Crippen LogP contribution in [0.5, 0.6) is 0 Å². The zero-order chi connectivity index (χ0) is 20.9. The Morgan fingerprint density at radius 3 is 2.43 bits per heavy atom. The maximum absolute atomic E-state index is 13.4. The van der Waals surface area contributed by atoms with Crippen molar-refractivity contribution < 1.29 is 18.1 Å². The molecule has 0 aliphatic heterocycles. The summed E-state index contributed by atoms with van der Waals surface area (Å²) in [5.74, 6) is 0.284. The van der Waals surface area contributed by atoms with Gasteiger partial charge in [-0.15, -0.1) is 0 Å². The van der Waals surface area contributed by atoms with Gasteiger partial charge in [0.25, 0.3) is 5.69 Å². The molecule has 0 aromatic heterocycles. The van der Waals surface area contributed by atoms with Crippen LogP contribution in [0.4, 0.5) is 24.5 Å². The van der Waals surface area contributed by atoms with Gasteiger partial charge < -0.3 is 4.90 Å². The van der Waals surface area contributed by atoms with Crippen molar-refractivity contribution in [3.8, 4) is 0 Å². The Kier molecular flexibility index (Phi) is 7.49. The van der Waals surface area contributed by atoms with Crippen LogP contribution in [0.15, 0.2) is 24.3 Å². The zero-order valence-electron chi connectivity index (χ0n) is 16.8. The molecule has 1 aromatic rings. The third-order valence-electron chi connectivity index (χ3n) is 5.08. The fourth-order valence-corrected chi connectivity index (χ4v) is 3.91. The van der Waals surface area contributed by atoms with Gasteiger partial charge >= 0.3 is 6.18 Å². The molecule has 1 aromatic carbocycles. The van der Waals surface area contributed by atoms with Crippen molar-refractivity contribution in [2.45, 2.75) is 71.5 Å². The lowest BCUT2D eigenvalue weighted by Crippen LogP contribution is -2.39. The summed E-state index contributed by atoms with van der Waals surface area (Å²) >= 11 is 0. The molecule has 0 spiro atoms. The minimum atomic E-state index is -4.55. The molecule has 1 saturated carbocycles. The first-order valence-corrected chi connectivity index (χ1v) is 9.98. The van der Waals surface area contributed by atoms with Crippen LogP contribution >= 0.6 is 0 Å². The molecule has 7 heteroatoms. The molecule has 1 aliphatic carbocycles. The van der Waals surface area contributed by atoms with E-state index < -0.39 is 16.7 Å². The second kappa shape index (κ2) is 9.43. The number of nitro benzene ring substituents is 1. The second-order valence-electron chi connectivity index (χ2n) is 7.82. The van der Waals surface area contributed by atoms with Gasteiger partial charge in [0.2, 0.25) is 0 Å². The summed E-state index contributed by atoms with van der Waals surface area (Å²) in [5, 5.41) is 11.8. The standard InChI is InChI=1S/C21H29F3N2O2/c1-4-8-18(21(22,23)24)16-11-12-19(20(13-16)26(27)28)25(14-15(2)3)17-9-6-5-7-10-17/h8,11-13,15,17H,4-7,9-10,14H2,1-3H3/b18-8-. The average molecular weight is 398 g/mol. The highest BCUT2D eigenvalue weighted by molar-refractivity contribution is 5.76. The van der Waals surface area contributed by atoms with E-state index in [1.807, 2.05) is 18.7 Å². The Balaban J connectivity index is 2.53. The number of allylic oxidation sites excluding steroid dienone is 2. The van der Waals surface area contributed by atoms with Gasteiger partial charge in [-0.3, -0.25) is 10.1 Å². The third-order valence-corrected chi connectivity index (χ3v) is 5.08. The topological polar surface area (TPSA) is 46.4 Å². The summed E-state index contributed by atoms with van der Waals surface area (Å²) in [4.78, 5) is 13.2. The molecule has 0 atom stereocenters. The van der Waals surface area contributed by atoms with Crippen LogP contribution in [0.3, 0.4) is 0 Å². The second-order valence-corrected chi connectivity index (χ2v) is 7.82. The summed E-state index contributed by atoms with van der Waals surface area (Å²) in [7, 11) is 0. The molecule has 0 bridgehead atoms. The molecular weight excluding hydrogens is 369 g/mol. The van der Waals surface area contributed by atoms with Crippen molar-refractivity contribution in [2.24, 2.45) is 5.92 Å². The number of rotatable bonds is 7. The fourth-order valence-electron chi connectivity index (χ4n) is 3.91. The van der Waals surface area contributed by atoms with Crippen LogP contribution < -0.4 is 4.90 Å². The van der Waals surface area contributed by atoms with E-state index in [1.165, 1.54) is 12.1 Å². The van der Waals surface area contributed by atoms with E-state index in [1.54, 1.807) is 6.92 Å². The first-order chi connectivity index (χ1) is 13.1. The molecule has 1 fully saturated rings. The molecule has 0 unspecified atom stereocenters. The number of anilines is 1. The number of halogens is 3. The highest BCUT2D eigenvalue weighted by Gasteiger charge is 2.36. The lowest BCUT2D eigenvalue weighted by molar-refractivity contribution is -0.384. The fraction of sp³-hybridized carbons (Fsp3) is 0.619. The molecule has 2 rings (SSSR count). The number of hydrogen-bond donors (Lipinski definition) is 0. The quantitative estimate of drug-likeness (QED) is 0.377. The molecule has 0 saturated heterocycles. The Morgan fingerprint density at radius 2 is 1.93 bits per heavy atom. The first kappa shape index (κ1) is 22.2. The van der Waals surface area contributed by atoms with E-state index in [0.717, 1.165) is 44.2 Å². The Morgan fingerprint density at radius 1 is 1.29 bits per heavy atom. The third kappa shape index (κ3) is 5.49. The smallest absolute Gasteiger partial charge is 0.363 e. The maximum Gasteiger partial charge on any atom is 0.416 e. The van der Waals surface area contributed by atoms with Crippen LogP contribution in [-0.2, 0) is 0 Å². The van der Waals surface area contributed by atoms with Gasteiger partial charge in [0.15, 0.2) is 0 Å². The highest BCUT2D eigenvalue weighted by atomic mass is 19.4. The Hall–Kier alpha value is -2.05. The van der Waals surface area contributed by atoms with Crippen molar-refractivity contribution in [1.82, 2.24) is 0 Å². The van der Waals surface area contributed by atoms with E-state index in [9.17, 15) is 23.3 Å². The number of nitrogens with zero attached hydrogens (tertiary/aromatic N) is 2. The van der Waals surface area contributed by atoms with Crippen LogP contribution in [0, 0.1) is 16.0 Å². The van der Waals surface area contributed by atoms with Gasteiger partial charge in [-0.1, -0.05) is 52.2 Å². The number of hydrogen-bond acceptors (Lipinski definition) is 3. The van der Waals surface area contributed by atoms with Gasteiger partial charge in [0.1, 0.15) is 5.69 Å². The van der Waals surface area contributed by atoms with Crippen LogP contribution in [0.2, 0.25) is 0 Å². The van der Waals surface area contributed by atoms with Crippen molar-refractivity contribution in [3.63, 3.8) is 0 Å². The summed E-state index contributed by atoms with van der Waals surface area (Å²) in [6.45, 7) is 6.34. The highest BCUT2D eigenvalue weighted by Crippen LogP contribution is 2.40. The predicted molar refractivity (Wildman–Crippen MR) is 106 cm³/mol. The molecule has 1 aliphatic rings. The Labute approximate surface area is 164 Å². The summed E-state index contributed by atoms with van der Waals surface area (Å²) in [5.41, 5.74) is -0.807. The van der Waals surface area contributed by atoms with Gasteiger partial charge in [-0.25, -0.2) is 0 Å². The summed E-state index contributed by atoms with van der Waals surface area (Å²) in [6.07, 6.45) is 1.93. The minimum absolute atomic E-state index is 0.155. The van der Waals surface area contributed by atoms with Crippen molar-refractivity contribution >= 4 is 16.9 Å². The van der Waals surface area contributed by atoms with Crippen molar-refractivity contribution in [3.05, 3.63) is 40.0 Å². The van der Waals surface area contributed by atoms with Crippen LogP contribution in [0.25, 0.3) is 5.57 Å². The lowest BCUT2D eigenvalue weighted by atomic mass is 9.92. The Bertz CT molecular complexity index is 708. The van der Waals surface area contributed by atoms with Crippen LogP contribution in [0.1, 0.15) is 64.9 Å². The van der Waals surface area contributed by atoms with Crippen molar-refractivity contribution in [1.29, 1.82) is 0 Å². The van der Waals surface area contributed by atoms with Gasteiger partial charge in [-0.2, -0.15) is 13.2 Å². The SMILES string of the molecule is CC/C=C(/c1ccc(N(CC(C)C)C2CCCCC2)c([N+](=O)[O-])c1)C(F)(F)F. The number of nitro groups is 1. The molecule has 156 valence electrons. The first-order valence-electron chi connectivity index (χ1n) is 9.98.